The van der Waals surface area contributed by atoms with Crippen LogP contribution in [0.4, 0.5) is 5.69 Å². The van der Waals surface area contributed by atoms with Gasteiger partial charge in [-0.25, -0.2) is 0 Å². The quantitative estimate of drug-likeness (QED) is 0.469. The van der Waals surface area contributed by atoms with Crippen LogP contribution in [-0.2, 0) is 6.54 Å². The fraction of sp³-hybridized carbons (Fsp3) is 0.385. The predicted octanol–water partition coefficient (Wildman–Crippen LogP) is 6.04. The summed E-state index contributed by atoms with van der Waals surface area (Å²) >= 11 is 0. The van der Waals surface area contributed by atoms with Crippen molar-refractivity contribution < 1.29 is 9.21 Å². The number of carbonyl (C=O) groups is 1. The van der Waals surface area contributed by atoms with Crippen molar-refractivity contribution in [2.45, 2.75) is 58.0 Å². The summed E-state index contributed by atoms with van der Waals surface area (Å²) in [6.45, 7) is 3.05. The zero-order valence-corrected chi connectivity index (χ0v) is 18.1. The zero-order chi connectivity index (χ0) is 21.5. The van der Waals surface area contributed by atoms with Gasteiger partial charge in [-0.3, -0.25) is 9.78 Å². The first-order valence-electron chi connectivity index (χ1n) is 11.3. The molecule has 1 amide bonds. The van der Waals surface area contributed by atoms with Gasteiger partial charge in [0.15, 0.2) is 5.76 Å². The van der Waals surface area contributed by atoms with Crippen molar-refractivity contribution in [2.75, 3.05) is 5.32 Å². The summed E-state index contributed by atoms with van der Waals surface area (Å²) in [4.78, 5) is 16.6. The lowest BCUT2D eigenvalue weighted by Gasteiger charge is -2.25. The van der Waals surface area contributed by atoms with Gasteiger partial charge in [0.25, 0.3) is 5.91 Å². The zero-order valence-electron chi connectivity index (χ0n) is 18.1. The summed E-state index contributed by atoms with van der Waals surface area (Å²) in [7, 11) is 0. The summed E-state index contributed by atoms with van der Waals surface area (Å²) < 4.78 is 5.80. The largest absolute Gasteiger partial charge is 0.462 e. The Morgan fingerprint density at radius 3 is 2.77 bits per heavy atom. The van der Waals surface area contributed by atoms with Crippen LogP contribution in [0.1, 0.15) is 61.4 Å². The van der Waals surface area contributed by atoms with Crippen molar-refractivity contribution in [2.24, 2.45) is 5.92 Å². The Morgan fingerprint density at radius 2 is 1.97 bits per heavy atom. The monoisotopic (exact) mass is 417 g/mol. The van der Waals surface area contributed by atoms with E-state index in [-0.39, 0.29) is 5.91 Å². The minimum atomic E-state index is -0.201. The first kappa shape index (κ1) is 21.3. The van der Waals surface area contributed by atoms with Crippen molar-refractivity contribution in [3.8, 4) is 11.3 Å². The second-order valence-corrected chi connectivity index (χ2v) is 8.54. The van der Waals surface area contributed by atoms with Gasteiger partial charge in [-0.15, -0.1) is 0 Å². The molecule has 1 aliphatic carbocycles. The number of carbonyl (C=O) groups excluding carboxylic acids is 1. The molecule has 4 rings (SSSR count). The molecule has 1 saturated carbocycles. The Labute approximate surface area is 184 Å². The molecule has 1 aromatic carbocycles. The van der Waals surface area contributed by atoms with Crippen LogP contribution >= 0.6 is 0 Å². The highest BCUT2D eigenvalue weighted by Gasteiger charge is 2.18. The molecular formula is C26H31N3O2. The van der Waals surface area contributed by atoms with Crippen LogP contribution in [0.15, 0.2) is 65.5 Å². The van der Waals surface area contributed by atoms with Crippen molar-refractivity contribution in [3.63, 3.8) is 0 Å². The Kier molecular flexibility index (Phi) is 7.15. The van der Waals surface area contributed by atoms with Gasteiger partial charge in [-0.1, -0.05) is 56.4 Å². The summed E-state index contributed by atoms with van der Waals surface area (Å²) in [6.07, 6.45) is 13.0. The van der Waals surface area contributed by atoms with E-state index < -0.39 is 0 Å². The van der Waals surface area contributed by atoms with Crippen molar-refractivity contribution in [3.05, 3.63) is 72.2 Å². The molecule has 3 aromatic rings. The lowest BCUT2D eigenvalue weighted by Crippen LogP contribution is -2.28. The van der Waals surface area contributed by atoms with Crippen LogP contribution in [0.3, 0.4) is 0 Å². The summed E-state index contributed by atoms with van der Waals surface area (Å²) in [5, 5.41) is 6.66. The molecule has 0 saturated heterocycles. The van der Waals surface area contributed by atoms with E-state index in [1.54, 1.807) is 36.9 Å². The van der Waals surface area contributed by atoms with E-state index >= 15 is 0 Å². The lowest BCUT2D eigenvalue weighted by molar-refractivity contribution is 0.102. The molecule has 162 valence electrons. The van der Waals surface area contributed by atoms with Gasteiger partial charge in [0, 0.05) is 36.6 Å². The fourth-order valence-electron chi connectivity index (χ4n) is 4.49. The molecule has 1 fully saturated rings. The minimum Gasteiger partial charge on any atom is -0.462 e. The molecule has 2 N–H and O–H groups in total. The molecule has 1 atom stereocenters. The molecule has 1 aliphatic rings. The third kappa shape index (κ3) is 5.61. The third-order valence-corrected chi connectivity index (χ3v) is 6.15. The number of nitrogens with one attached hydrogen (secondary N) is 2. The lowest BCUT2D eigenvalue weighted by atomic mass is 9.85. The first-order chi connectivity index (χ1) is 15.2. The van der Waals surface area contributed by atoms with Crippen LogP contribution in [0.5, 0.6) is 0 Å². The van der Waals surface area contributed by atoms with Gasteiger partial charge in [0.2, 0.25) is 0 Å². The average molecular weight is 418 g/mol. The standard InChI is InChI=1S/C26H31N3O2/c1-19(16-20-8-3-2-4-9-20)28-18-21-10-5-6-12-23(21)25-24(13-15-31-25)29-26(30)22-11-7-14-27-17-22/h5-7,10-15,17,19-20,28H,2-4,8-9,16,18H2,1H3,(H,29,30). The summed E-state index contributed by atoms with van der Waals surface area (Å²) in [5.74, 6) is 1.33. The number of anilines is 1. The molecule has 0 bridgehead atoms. The Hall–Kier alpha value is -2.92. The highest BCUT2D eigenvalue weighted by atomic mass is 16.3. The fourth-order valence-corrected chi connectivity index (χ4v) is 4.49. The molecule has 0 spiro atoms. The van der Waals surface area contributed by atoms with E-state index in [1.165, 1.54) is 38.5 Å². The number of amides is 1. The maximum atomic E-state index is 12.6. The third-order valence-electron chi connectivity index (χ3n) is 6.15. The molecule has 0 aliphatic heterocycles. The molecule has 5 nitrogen and oxygen atoms in total. The van der Waals surface area contributed by atoms with Crippen molar-refractivity contribution in [1.82, 2.24) is 10.3 Å². The van der Waals surface area contributed by atoms with E-state index in [2.05, 4.69) is 28.6 Å². The SMILES string of the molecule is CC(CC1CCCCC1)NCc1ccccc1-c1occc1NC(=O)c1cccnc1. The second kappa shape index (κ2) is 10.4. The highest BCUT2D eigenvalue weighted by molar-refractivity contribution is 6.05. The topological polar surface area (TPSA) is 67.2 Å². The van der Waals surface area contributed by atoms with Gasteiger partial charge in [-0.2, -0.15) is 0 Å². The first-order valence-corrected chi connectivity index (χ1v) is 11.3. The maximum Gasteiger partial charge on any atom is 0.257 e. The van der Waals surface area contributed by atoms with E-state index in [0.29, 0.717) is 23.1 Å². The van der Waals surface area contributed by atoms with Gasteiger partial charge in [0.1, 0.15) is 0 Å². The van der Waals surface area contributed by atoms with E-state index in [1.807, 2.05) is 18.2 Å². The molecule has 31 heavy (non-hydrogen) atoms. The molecule has 2 aromatic heterocycles. The highest BCUT2D eigenvalue weighted by Crippen LogP contribution is 2.32. The van der Waals surface area contributed by atoms with Crippen LogP contribution in [0.25, 0.3) is 11.3 Å². The molecule has 5 heteroatoms. The predicted molar refractivity (Wildman–Crippen MR) is 124 cm³/mol. The molecular weight excluding hydrogens is 386 g/mol. The van der Waals surface area contributed by atoms with Gasteiger partial charge >= 0.3 is 0 Å². The van der Waals surface area contributed by atoms with Gasteiger partial charge < -0.3 is 15.1 Å². The van der Waals surface area contributed by atoms with E-state index in [9.17, 15) is 4.79 Å². The smallest absolute Gasteiger partial charge is 0.257 e. The normalized spacial score (nSPS) is 15.5. The van der Waals surface area contributed by atoms with E-state index in [4.69, 9.17) is 4.42 Å². The van der Waals surface area contributed by atoms with Crippen molar-refractivity contribution >= 4 is 11.6 Å². The number of aromatic nitrogens is 1. The van der Waals surface area contributed by atoms with E-state index in [0.717, 1.165) is 23.6 Å². The van der Waals surface area contributed by atoms with Gasteiger partial charge in [-0.05, 0) is 37.0 Å². The Balaban J connectivity index is 1.44. The van der Waals surface area contributed by atoms with Gasteiger partial charge in [0.05, 0.1) is 17.5 Å². The number of benzene rings is 1. The van der Waals surface area contributed by atoms with Crippen LogP contribution in [-0.4, -0.2) is 16.9 Å². The summed E-state index contributed by atoms with van der Waals surface area (Å²) in [6, 6.07) is 14.0. The van der Waals surface area contributed by atoms with Crippen LogP contribution in [0.2, 0.25) is 0 Å². The average Bonchev–Trinajstić information content (AvgIpc) is 3.27. The number of hydrogen-bond acceptors (Lipinski definition) is 4. The van der Waals surface area contributed by atoms with Crippen molar-refractivity contribution in [1.29, 1.82) is 0 Å². The number of nitrogens with zero attached hydrogens (tertiary/aromatic N) is 1. The van der Waals surface area contributed by atoms with Crippen LogP contribution < -0.4 is 10.6 Å². The summed E-state index contributed by atoms with van der Waals surface area (Å²) in [5.41, 5.74) is 3.33. The number of furan rings is 1. The second-order valence-electron chi connectivity index (χ2n) is 8.54. The minimum absolute atomic E-state index is 0.201. The van der Waals surface area contributed by atoms with Crippen LogP contribution in [0, 0.1) is 5.92 Å². The molecule has 1 unspecified atom stereocenters. The number of pyridine rings is 1. The Bertz CT molecular complexity index is 977. The Morgan fingerprint density at radius 1 is 1.13 bits per heavy atom. The molecule has 2 heterocycles. The molecule has 0 radical (unpaired) electrons. The number of rotatable bonds is 8. The maximum absolute atomic E-state index is 12.6. The number of hydrogen-bond donors (Lipinski definition) is 2.